The molecule has 2 aliphatic rings. The van der Waals surface area contributed by atoms with Gasteiger partial charge in [-0.05, 0) is 44.9 Å². The molecular formula is C18H24F8O2. The lowest BCUT2D eigenvalue weighted by molar-refractivity contribution is -0.453. The van der Waals surface area contributed by atoms with Crippen LogP contribution in [0.1, 0.15) is 52.4 Å². The molecule has 2 rings (SSSR count). The lowest BCUT2D eigenvalue weighted by atomic mass is 9.71. The summed E-state index contributed by atoms with van der Waals surface area (Å²) in [4.78, 5) is 0. The molecule has 2 aliphatic carbocycles. The van der Waals surface area contributed by atoms with Crippen LogP contribution < -0.4 is 0 Å². The Morgan fingerprint density at radius 2 is 1.54 bits per heavy atom. The summed E-state index contributed by atoms with van der Waals surface area (Å²) in [5.41, 5.74) is -5.37. The molecule has 0 aromatic rings. The number of fused-ring (bicyclic) bond motifs is 2. The quantitative estimate of drug-likeness (QED) is 0.194. The standard InChI is InChI=1S/C18H24F8O2/c1-4-6-11-27-13(3,17(21,22)23)28-15(16(19,20)18(24,25)26)12-7-9-14(15,5-2)10-8-12/h5,12H,2,4,6-11H2,1,3H3. The maximum atomic E-state index is 14.8. The summed E-state index contributed by atoms with van der Waals surface area (Å²) < 4.78 is 121. The van der Waals surface area contributed by atoms with Gasteiger partial charge in [-0.2, -0.15) is 35.1 Å². The van der Waals surface area contributed by atoms with Crippen LogP contribution in [0.15, 0.2) is 12.7 Å². The normalized spacial score (nSPS) is 33.1. The molecule has 2 fully saturated rings. The van der Waals surface area contributed by atoms with E-state index >= 15 is 0 Å². The first-order valence-electron chi connectivity index (χ1n) is 9.13. The molecule has 10 heteroatoms. The molecule has 0 heterocycles. The highest BCUT2D eigenvalue weighted by molar-refractivity contribution is 5.27. The van der Waals surface area contributed by atoms with E-state index in [1.807, 2.05) is 0 Å². The lowest BCUT2D eigenvalue weighted by Crippen LogP contribution is -2.69. The summed E-state index contributed by atoms with van der Waals surface area (Å²) in [6.45, 7) is 4.91. The number of hydrogen-bond donors (Lipinski definition) is 0. The van der Waals surface area contributed by atoms with Crippen molar-refractivity contribution in [2.75, 3.05) is 6.61 Å². The van der Waals surface area contributed by atoms with Gasteiger partial charge < -0.3 is 9.47 Å². The summed E-state index contributed by atoms with van der Waals surface area (Å²) in [5.74, 6) is -10.5. The molecule has 2 bridgehead atoms. The zero-order valence-electron chi connectivity index (χ0n) is 15.7. The van der Waals surface area contributed by atoms with E-state index in [0.717, 1.165) is 6.08 Å². The van der Waals surface area contributed by atoms with Gasteiger partial charge in [0.1, 0.15) is 0 Å². The third kappa shape index (κ3) is 3.14. The van der Waals surface area contributed by atoms with E-state index in [1.165, 1.54) is 0 Å². The number of halogens is 8. The highest BCUT2D eigenvalue weighted by Crippen LogP contribution is 2.71. The monoisotopic (exact) mass is 424 g/mol. The van der Waals surface area contributed by atoms with Crippen LogP contribution in [-0.2, 0) is 9.47 Å². The zero-order valence-corrected chi connectivity index (χ0v) is 15.7. The summed E-state index contributed by atoms with van der Waals surface area (Å²) in [6, 6.07) is 0. The molecule has 0 saturated heterocycles. The number of hydrogen-bond acceptors (Lipinski definition) is 2. The molecule has 28 heavy (non-hydrogen) atoms. The summed E-state index contributed by atoms with van der Waals surface area (Å²) in [6.07, 6.45) is -10.4. The lowest BCUT2D eigenvalue weighted by Gasteiger charge is -2.50. The van der Waals surface area contributed by atoms with Crippen LogP contribution in [0.25, 0.3) is 0 Å². The maximum Gasteiger partial charge on any atom is 0.456 e. The average Bonchev–Trinajstić information content (AvgIpc) is 3.04. The van der Waals surface area contributed by atoms with Crippen LogP contribution in [0.3, 0.4) is 0 Å². The minimum atomic E-state index is -6.09. The van der Waals surface area contributed by atoms with E-state index in [9.17, 15) is 35.1 Å². The van der Waals surface area contributed by atoms with Crippen molar-refractivity contribution < 1.29 is 44.6 Å². The maximum absolute atomic E-state index is 14.8. The second-order valence-corrected chi connectivity index (χ2v) is 7.69. The van der Waals surface area contributed by atoms with Crippen molar-refractivity contribution in [3.05, 3.63) is 12.7 Å². The van der Waals surface area contributed by atoms with Gasteiger partial charge in [0.05, 0.1) is 6.61 Å². The van der Waals surface area contributed by atoms with E-state index < -0.39 is 47.6 Å². The highest BCUT2D eigenvalue weighted by Gasteiger charge is 2.84. The van der Waals surface area contributed by atoms with Gasteiger partial charge in [0, 0.05) is 5.41 Å². The fourth-order valence-corrected chi connectivity index (χ4v) is 4.59. The molecule has 0 aliphatic heterocycles. The van der Waals surface area contributed by atoms with Gasteiger partial charge in [0.25, 0.3) is 5.79 Å². The molecule has 0 amide bonds. The van der Waals surface area contributed by atoms with Crippen LogP contribution in [-0.4, -0.2) is 36.3 Å². The molecule has 0 aromatic heterocycles. The minimum Gasteiger partial charge on any atom is -0.343 e. The first-order valence-corrected chi connectivity index (χ1v) is 9.13. The number of ether oxygens (including phenoxy) is 2. The van der Waals surface area contributed by atoms with Crippen LogP contribution >= 0.6 is 0 Å². The van der Waals surface area contributed by atoms with Crippen LogP contribution in [0.4, 0.5) is 35.1 Å². The first-order chi connectivity index (χ1) is 12.6. The smallest absolute Gasteiger partial charge is 0.343 e. The zero-order chi connectivity index (χ0) is 21.6. The fourth-order valence-electron chi connectivity index (χ4n) is 4.59. The number of rotatable bonds is 8. The molecule has 0 spiro atoms. The van der Waals surface area contributed by atoms with Crippen molar-refractivity contribution in [1.29, 1.82) is 0 Å². The van der Waals surface area contributed by atoms with Crippen LogP contribution in [0.5, 0.6) is 0 Å². The third-order valence-corrected chi connectivity index (χ3v) is 6.15. The molecule has 2 atom stereocenters. The minimum absolute atomic E-state index is 0.111. The molecule has 0 N–H and O–H groups in total. The number of alkyl halides is 8. The SMILES string of the molecule is C=CC12CCC(CC1)C2(OC(C)(OCCCC)C(F)(F)F)C(F)(F)C(F)(F)F. The molecular weight excluding hydrogens is 400 g/mol. The Labute approximate surface area is 158 Å². The van der Waals surface area contributed by atoms with Crippen molar-refractivity contribution in [3.63, 3.8) is 0 Å². The largest absolute Gasteiger partial charge is 0.456 e. The van der Waals surface area contributed by atoms with Crippen LogP contribution in [0.2, 0.25) is 0 Å². The Morgan fingerprint density at radius 3 is 1.93 bits per heavy atom. The van der Waals surface area contributed by atoms with Gasteiger partial charge >= 0.3 is 18.3 Å². The molecule has 2 saturated carbocycles. The average molecular weight is 424 g/mol. The van der Waals surface area contributed by atoms with E-state index in [2.05, 4.69) is 6.58 Å². The van der Waals surface area contributed by atoms with Gasteiger partial charge in [-0.3, -0.25) is 0 Å². The molecule has 164 valence electrons. The molecule has 0 aromatic carbocycles. The van der Waals surface area contributed by atoms with Gasteiger partial charge in [-0.1, -0.05) is 19.4 Å². The number of unbranched alkanes of at least 4 members (excludes halogenated alkanes) is 1. The van der Waals surface area contributed by atoms with Gasteiger partial charge in [0.2, 0.25) is 0 Å². The Balaban J connectivity index is 2.62. The van der Waals surface area contributed by atoms with E-state index in [-0.39, 0.29) is 32.1 Å². The summed E-state index contributed by atoms with van der Waals surface area (Å²) in [7, 11) is 0. The second-order valence-electron chi connectivity index (χ2n) is 7.69. The molecule has 2 unspecified atom stereocenters. The van der Waals surface area contributed by atoms with Crippen molar-refractivity contribution in [3.8, 4) is 0 Å². The Kier molecular flexibility index (Phi) is 5.93. The van der Waals surface area contributed by atoms with Crippen LogP contribution in [0, 0.1) is 11.3 Å². The first kappa shape index (κ1) is 23.4. The van der Waals surface area contributed by atoms with Crippen molar-refractivity contribution >= 4 is 0 Å². The van der Waals surface area contributed by atoms with Gasteiger partial charge in [-0.15, -0.1) is 6.58 Å². The second kappa shape index (κ2) is 7.11. The fraction of sp³-hybridized carbons (Fsp3) is 0.889. The van der Waals surface area contributed by atoms with Gasteiger partial charge in [0.15, 0.2) is 5.60 Å². The Bertz CT molecular complexity index is 577. The summed E-state index contributed by atoms with van der Waals surface area (Å²) in [5, 5.41) is 0. The topological polar surface area (TPSA) is 18.5 Å². The molecule has 2 nitrogen and oxygen atoms in total. The molecule has 0 radical (unpaired) electrons. The predicted molar refractivity (Wildman–Crippen MR) is 84.7 cm³/mol. The van der Waals surface area contributed by atoms with Crippen molar-refractivity contribution in [2.24, 2.45) is 11.3 Å². The van der Waals surface area contributed by atoms with E-state index in [0.29, 0.717) is 13.3 Å². The highest BCUT2D eigenvalue weighted by atomic mass is 19.4. The van der Waals surface area contributed by atoms with Crippen molar-refractivity contribution in [2.45, 2.75) is 82.0 Å². The van der Waals surface area contributed by atoms with E-state index in [4.69, 9.17) is 9.47 Å². The van der Waals surface area contributed by atoms with Gasteiger partial charge in [-0.25, -0.2) is 0 Å². The Morgan fingerprint density at radius 1 is 1.00 bits per heavy atom. The predicted octanol–water partition coefficient (Wildman–Crippen LogP) is 6.41. The van der Waals surface area contributed by atoms with E-state index in [1.54, 1.807) is 6.92 Å². The van der Waals surface area contributed by atoms with Crippen molar-refractivity contribution in [1.82, 2.24) is 0 Å². The third-order valence-electron chi connectivity index (χ3n) is 6.15. The Hall–Kier alpha value is -0.900. The summed E-state index contributed by atoms with van der Waals surface area (Å²) >= 11 is 0.